The molecule has 0 N–H and O–H groups in total. The van der Waals surface area contributed by atoms with Crippen LogP contribution < -0.4 is 9.47 Å². The summed E-state index contributed by atoms with van der Waals surface area (Å²) in [4.78, 5) is 0. The van der Waals surface area contributed by atoms with Crippen molar-refractivity contribution in [1.29, 1.82) is 0 Å². The molecular formula is C23H36O5Si. The minimum absolute atomic E-state index is 0.597. The Morgan fingerprint density at radius 3 is 1.66 bits per heavy atom. The smallest absolute Gasteiger partial charge is 0.494 e. The summed E-state index contributed by atoms with van der Waals surface area (Å²) in [6, 6.07) is 13.1. The first-order valence-corrected chi connectivity index (χ1v) is 12.8. The molecule has 0 radical (unpaired) electrons. The third kappa shape index (κ3) is 7.62. The molecule has 29 heavy (non-hydrogen) atoms. The molecule has 0 aromatic heterocycles. The van der Waals surface area contributed by atoms with Gasteiger partial charge in [0.1, 0.15) is 11.5 Å². The van der Waals surface area contributed by atoms with Crippen molar-refractivity contribution in [2.75, 3.05) is 33.0 Å². The van der Waals surface area contributed by atoms with Gasteiger partial charge in [0, 0.05) is 25.9 Å². The van der Waals surface area contributed by atoms with Gasteiger partial charge in [0.25, 0.3) is 0 Å². The lowest BCUT2D eigenvalue weighted by Gasteiger charge is -2.28. The SMILES string of the molecule is CCCCOc1ccc2ccc(OCCC[Si](OCC)(OCC)OCC)cc2c1. The highest BCUT2D eigenvalue weighted by Gasteiger charge is 2.39. The summed E-state index contributed by atoms with van der Waals surface area (Å²) >= 11 is 0. The average Bonchev–Trinajstić information content (AvgIpc) is 2.72. The van der Waals surface area contributed by atoms with Crippen LogP contribution in [0.4, 0.5) is 0 Å². The van der Waals surface area contributed by atoms with Crippen molar-refractivity contribution in [3.8, 4) is 11.5 Å². The molecule has 5 nitrogen and oxygen atoms in total. The summed E-state index contributed by atoms with van der Waals surface area (Å²) in [5.41, 5.74) is 0. The zero-order valence-corrected chi connectivity index (χ0v) is 19.4. The van der Waals surface area contributed by atoms with E-state index >= 15 is 0 Å². The van der Waals surface area contributed by atoms with Crippen molar-refractivity contribution in [3.05, 3.63) is 36.4 Å². The first-order valence-electron chi connectivity index (χ1n) is 10.9. The highest BCUT2D eigenvalue weighted by atomic mass is 28.4. The van der Waals surface area contributed by atoms with E-state index in [2.05, 4.69) is 31.2 Å². The van der Waals surface area contributed by atoms with E-state index in [1.165, 1.54) is 5.39 Å². The molecule has 0 aliphatic heterocycles. The molecule has 0 unspecified atom stereocenters. The Labute approximate surface area is 176 Å². The number of hydrogen-bond donors (Lipinski definition) is 0. The summed E-state index contributed by atoms with van der Waals surface area (Å²) in [5.74, 6) is 1.77. The summed E-state index contributed by atoms with van der Waals surface area (Å²) in [5, 5.41) is 2.30. The summed E-state index contributed by atoms with van der Waals surface area (Å²) in [7, 11) is -2.60. The van der Waals surface area contributed by atoms with Gasteiger partial charge in [-0.05, 0) is 68.7 Å². The van der Waals surface area contributed by atoms with Gasteiger partial charge < -0.3 is 22.8 Å². The Kier molecular flexibility index (Phi) is 10.5. The number of unbranched alkanes of at least 4 members (excludes halogenated alkanes) is 1. The van der Waals surface area contributed by atoms with Gasteiger partial charge in [-0.2, -0.15) is 0 Å². The molecule has 2 aromatic carbocycles. The minimum atomic E-state index is -2.60. The van der Waals surface area contributed by atoms with Crippen molar-refractivity contribution in [2.24, 2.45) is 0 Å². The second-order valence-corrected chi connectivity index (χ2v) is 9.54. The second kappa shape index (κ2) is 12.9. The van der Waals surface area contributed by atoms with Crippen LogP contribution in [0.15, 0.2) is 36.4 Å². The van der Waals surface area contributed by atoms with Crippen molar-refractivity contribution >= 4 is 19.6 Å². The van der Waals surface area contributed by atoms with Crippen molar-refractivity contribution in [2.45, 2.75) is 53.0 Å². The topological polar surface area (TPSA) is 46.2 Å². The van der Waals surface area contributed by atoms with Crippen molar-refractivity contribution in [3.63, 3.8) is 0 Å². The van der Waals surface area contributed by atoms with Crippen molar-refractivity contribution in [1.82, 2.24) is 0 Å². The molecule has 0 atom stereocenters. The first-order chi connectivity index (χ1) is 14.2. The van der Waals surface area contributed by atoms with Crippen LogP contribution in [0.5, 0.6) is 11.5 Å². The molecule has 0 saturated carbocycles. The summed E-state index contributed by atoms with van der Waals surface area (Å²) < 4.78 is 29.5. The van der Waals surface area contributed by atoms with Gasteiger partial charge in [-0.1, -0.05) is 25.5 Å². The predicted molar refractivity (Wildman–Crippen MR) is 120 cm³/mol. The molecule has 0 aliphatic carbocycles. The summed E-state index contributed by atoms with van der Waals surface area (Å²) in [6.07, 6.45) is 3.02. The first kappa shape index (κ1) is 23.7. The van der Waals surface area contributed by atoms with Crippen LogP contribution in [-0.4, -0.2) is 41.8 Å². The molecule has 2 rings (SSSR count). The molecule has 0 heterocycles. The third-order valence-corrected chi connectivity index (χ3v) is 7.69. The number of benzene rings is 2. The number of ether oxygens (including phenoxy) is 2. The molecule has 6 heteroatoms. The number of fused-ring (bicyclic) bond motifs is 1. The van der Waals surface area contributed by atoms with E-state index in [4.69, 9.17) is 22.8 Å². The average molecular weight is 421 g/mol. The maximum absolute atomic E-state index is 6.00. The minimum Gasteiger partial charge on any atom is -0.494 e. The standard InChI is InChI=1S/C23H36O5Si/c1-5-9-15-24-22-13-11-20-12-14-23(19-21(20)18-22)25-16-10-17-29(26-6-2,27-7-3)28-8-4/h11-14,18-19H,5-10,15-17H2,1-4H3. The maximum atomic E-state index is 6.00. The van der Waals surface area contributed by atoms with Gasteiger partial charge in [-0.15, -0.1) is 0 Å². The highest BCUT2D eigenvalue weighted by Crippen LogP contribution is 2.26. The molecule has 0 spiro atoms. The zero-order chi connectivity index (χ0) is 21.0. The van der Waals surface area contributed by atoms with Crippen LogP contribution in [0.1, 0.15) is 47.0 Å². The normalized spacial score (nSPS) is 11.7. The van der Waals surface area contributed by atoms with E-state index in [9.17, 15) is 0 Å². The molecule has 0 aliphatic rings. The second-order valence-electron chi connectivity index (χ2n) is 6.81. The molecule has 0 saturated heterocycles. The lowest BCUT2D eigenvalue weighted by atomic mass is 10.1. The van der Waals surface area contributed by atoms with Gasteiger partial charge in [0.05, 0.1) is 13.2 Å². The molecule has 0 amide bonds. The monoisotopic (exact) mass is 420 g/mol. The molecule has 162 valence electrons. The van der Waals surface area contributed by atoms with E-state index in [1.807, 2.05) is 32.9 Å². The lowest BCUT2D eigenvalue weighted by Crippen LogP contribution is -2.46. The highest BCUT2D eigenvalue weighted by molar-refractivity contribution is 6.60. The quantitative estimate of drug-likeness (QED) is 0.268. The fraction of sp³-hybridized carbons (Fsp3) is 0.565. The Hall–Kier alpha value is -1.60. The van der Waals surface area contributed by atoms with E-state index in [0.29, 0.717) is 26.4 Å². The van der Waals surface area contributed by atoms with E-state index in [0.717, 1.165) is 48.8 Å². The lowest BCUT2D eigenvalue weighted by molar-refractivity contribution is 0.0696. The fourth-order valence-corrected chi connectivity index (χ4v) is 5.78. The number of hydrogen-bond acceptors (Lipinski definition) is 5. The molecule has 0 fully saturated rings. The largest absolute Gasteiger partial charge is 0.501 e. The fourth-order valence-electron chi connectivity index (χ4n) is 3.20. The van der Waals surface area contributed by atoms with E-state index in [1.54, 1.807) is 0 Å². The van der Waals surface area contributed by atoms with Crippen LogP contribution in [0.3, 0.4) is 0 Å². The van der Waals surface area contributed by atoms with Crippen LogP contribution in [-0.2, 0) is 13.3 Å². The maximum Gasteiger partial charge on any atom is 0.501 e. The molecular weight excluding hydrogens is 384 g/mol. The predicted octanol–water partition coefficient (Wildman–Crippen LogP) is 5.84. The summed E-state index contributed by atoms with van der Waals surface area (Å²) in [6.45, 7) is 11.2. The Balaban J connectivity index is 1.93. The Bertz CT molecular complexity index is 704. The third-order valence-electron chi connectivity index (χ3n) is 4.54. The van der Waals surface area contributed by atoms with Crippen LogP contribution in [0, 0.1) is 0 Å². The van der Waals surface area contributed by atoms with Crippen LogP contribution in [0.2, 0.25) is 6.04 Å². The van der Waals surface area contributed by atoms with Gasteiger partial charge in [-0.3, -0.25) is 0 Å². The molecule has 2 aromatic rings. The van der Waals surface area contributed by atoms with Crippen LogP contribution in [0.25, 0.3) is 10.8 Å². The zero-order valence-electron chi connectivity index (χ0n) is 18.4. The Morgan fingerprint density at radius 2 is 1.17 bits per heavy atom. The molecule has 0 bridgehead atoms. The van der Waals surface area contributed by atoms with E-state index in [-0.39, 0.29) is 0 Å². The Morgan fingerprint density at radius 1 is 0.655 bits per heavy atom. The van der Waals surface area contributed by atoms with Gasteiger partial charge in [0.2, 0.25) is 0 Å². The van der Waals surface area contributed by atoms with Crippen molar-refractivity contribution < 1.29 is 22.8 Å². The van der Waals surface area contributed by atoms with Crippen LogP contribution >= 0.6 is 0 Å². The van der Waals surface area contributed by atoms with Gasteiger partial charge >= 0.3 is 8.80 Å². The van der Waals surface area contributed by atoms with Gasteiger partial charge in [0.15, 0.2) is 0 Å². The van der Waals surface area contributed by atoms with Gasteiger partial charge in [-0.25, -0.2) is 0 Å². The number of rotatable bonds is 15. The van der Waals surface area contributed by atoms with E-state index < -0.39 is 8.80 Å².